The van der Waals surface area contributed by atoms with Crippen LogP contribution in [0.4, 0.5) is 8.78 Å². The van der Waals surface area contributed by atoms with Crippen molar-refractivity contribution in [3.8, 4) is 6.07 Å². The summed E-state index contributed by atoms with van der Waals surface area (Å²) in [4.78, 5) is 9.88. The summed E-state index contributed by atoms with van der Waals surface area (Å²) >= 11 is 0.607. The van der Waals surface area contributed by atoms with E-state index >= 15 is 0 Å². The second kappa shape index (κ2) is 3.72. The third-order valence-corrected chi connectivity index (χ3v) is 2.55. The van der Waals surface area contributed by atoms with Crippen molar-refractivity contribution >= 4 is 17.3 Å². The zero-order valence-corrected chi connectivity index (χ0v) is 7.65. The third kappa shape index (κ3) is 2.26. The van der Waals surface area contributed by atoms with Crippen molar-refractivity contribution in [1.29, 1.82) is 5.26 Å². The van der Waals surface area contributed by atoms with Crippen molar-refractivity contribution < 1.29 is 18.7 Å². The van der Waals surface area contributed by atoms with E-state index in [0.29, 0.717) is 11.3 Å². The Morgan fingerprint density at radius 3 is 2.71 bits per heavy atom. The molecule has 3 nitrogen and oxygen atoms in total. The average Bonchev–Trinajstić information content (AvgIpc) is 2.49. The molecule has 0 spiro atoms. The van der Waals surface area contributed by atoms with Crippen LogP contribution < -0.4 is 0 Å². The molecule has 0 aliphatic carbocycles. The van der Waals surface area contributed by atoms with Crippen LogP contribution in [-0.2, 0) is 10.7 Å². The van der Waals surface area contributed by atoms with Gasteiger partial charge in [-0.2, -0.15) is 14.0 Å². The van der Waals surface area contributed by atoms with Crippen LogP contribution >= 0.6 is 11.3 Å². The standard InChI is InChI=1S/C8H5F2NO2S/c9-8(10,3-7(12)13)6-2-1-5(4-11)14-6/h1-2H,3H2,(H,12,13). The van der Waals surface area contributed by atoms with Crippen molar-refractivity contribution in [2.24, 2.45) is 0 Å². The van der Waals surface area contributed by atoms with E-state index < -0.39 is 23.2 Å². The second-order valence-electron chi connectivity index (χ2n) is 2.55. The SMILES string of the molecule is N#Cc1ccc(C(F)(F)CC(=O)O)s1. The number of carbonyl (C=O) groups is 1. The molecular weight excluding hydrogens is 212 g/mol. The van der Waals surface area contributed by atoms with E-state index in [2.05, 4.69) is 0 Å². The molecular formula is C8H5F2NO2S. The summed E-state index contributed by atoms with van der Waals surface area (Å²) < 4.78 is 26.2. The fourth-order valence-electron chi connectivity index (χ4n) is 0.872. The van der Waals surface area contributed by atoms with E-state index in [4.69, 9.17) is 10.4 Å². The molecule has 0 aliphatic heterocycles. The first-order chi connectivity index (χ1) is 6.45. The molecule has 14 heavy (non-hydrogen) atoms. The van der Waals surface area contributed by atoms with Gasteiger partial charge in [0.2, 0.25) is 0 Å². The van der Waals surface area contributed by atoms with E-state index in [1.165, 1.54) is 6.07 Å². The molecule has 1 rings (SSSR count). The molecule has 0 aromatic carbocycles. The van der Waals surface area contributed by atoms with Gasteiger partial charge in [0.25, 0.3) is 5.92 Å². The minimum absolute atomic E-state index is 0.144. The molecule has 0 saturated heterocycles. The number of thiophene rings is 1. The Morgan fingerprint density at radius 1 is 1.64 bits per heavy atom. The summed E-state index contributed by atoms with van der Waals surface area (Å²) in [6.07, 6.45) is -1.25. The second-order valence-corrected chi connectivity index (χ2v) is 3.63. The molecule has 0 amide bonds. The van der Waals surface area contributed by atoms with Crippen LogP contribution in [0.15, 0.2) is 12.1 Å². The summed E-state index contributed by atoms with van der Waals surface area (Å²) in [5, 5.41) is 16.6. The maximum absolute atomic E-state index is 13.1. The van der Waals surface area contributed by atoms with Gasteiger partial charge in [0, 0.05) is 0 Å². The zero-order valence-electron chi connectivity index (χ0n) is 6.83. The van der Waals surface area contributed by atoms with Gasteiger partial charge < -0.3 is 5.11 Å². The van der Waals surface area contributed by atoms with Crippen LogP contribution in [0.2, 0.25) is 0 Å². The molecule has 0 aliphatic rings. The van der Waals surface area contributed by atoms with Crippen LogP contribution in [-0.4, -0.2) is 11.1 Å². The topological polar surface area (TPSA) is 61.1 Å². The summed E-state index contributed by atoms with van der Waals surface area (Å²) in [5.41, 5.74) is 0. The first-order valence-electron chi connectivity index (χ1n) is 3.56. The Hall–Kier alpha value is -1.48. The van der Waals surface area contributed by atoms with Crippen molar-refractivity contribution in [3.05, 3.63) is 21.9 Å². The van der Waals surface area contributed by atoms with Crippen molar-refractivity contribution in [2.75, 3.05) is 0 Å². The molecule has 1 aromatic rings. The van der Waals surface area contributed by atoms with Crippen molar-refractivity contribution in [3.63, 3.8) is 0 Å². The van der Waals surface area contributed by atoms with E-state index in [-0.39, 0.29) is 4.88 Å². The zero-order chi connectivity index (χ0) is 10.8. The Bertz CT molecular complexity index is 394. The minimum atomic E-state index is -3.40. The van der Waals surface area contributed by atoms with Gasteiger partial charge in [0.1, 0.15) is 17.4 Å². The average molecular weight is 217 g/mol. The normalized spacial score (nSPS) is 10.9. The Morgan fingerprint density at radius 2 is 2.29 bits per heavy atom. The van der Waals surface area contributed by atoms with Crippen LogP contribution in [0.25, 0.3) is 0 Å². The molecule has 0 unspecified atom stereocenters. The Balaban J connectivity index is 2.92. The van der Waals surface area contributed by atoms with Crippen LogP contribution in [0, 0.1) is 11.3 Å². The fourth-order valence-corrected chi connectivity index (χ4v) is 1.65. The predicted molar refractivity (Wildman–Crippen MR) is 45.2 cm³/mol. The Labute approximate surface area is 82.2 Å². The Kier molecular flexibility index (Phi) is 2.81. The number of nitriles is 1. The summed E-state index contributed by atoms with van der Waals surface area (Å²) in [5.74, 6) is -4.96. The maximum Gasteiger partial charge on any atom is 0.309 e. The van der Waals surface area contributed by atoms with Gasteiger partial charge in [-0.25, -0.2) is 0 Å². The molecule has 0 fully saturated rings. The number of aliphatic carboxylic acids is 1. The maximum atomic E-state index is 13.1. The van der Waals surface area contributed by atoms with Gasteiger partial charge in [-0.3, -0.25) is 4.79 Å². The van der Waals surface area contributed by atoms with Crippen molar-refractivity contribution in [1.82, 2.24) is 0 Å². The number of nitrogens with zero attached hydrogens (tertiary/aromatic N) is 1. The van der Waals surface area contributed by atoms with E-state index in [0.717, 1.165) is 6.07 Å². The predicted octanol–water partition coefficient (Wildman–Crippen LogP) is 2.19. The molecule has 0 atom stereocenters. The number of hydrogen-bond acceptors (Lipinski definition) is 3. The first kappa shape index (κ1) is 10.6. The number of halogens is 2. The van der Waals surface area contributed by atoms with Gasteiger partial charge >= 0.3 is 5.97 Å². The number of carboxylic acids is 1. The molecule has 0 radical (unpaired) electrons. The number of rotatable bonds is 3. The third-order valence-electron chi connectivity index (χ3n) is 1.45. The van der Waals surface area contributed by atoms with Crippen LogP contribution in [0.3, 0.4) is 0 Å². The quantitative estimate of drug-likeness (QED) is 0.844. The van der Waals surface area contributed by atoms with Crippen LogP contribution in [0.5, 0.6) is 0 Å². The highest BCUT2D eigenvalue weighted by molar-refractivity contribution is 7.12. The monoisotopic (exact) mass is 217 g/mol. The highest BCUT2D eigenvalue weighted by atomic mass is 32.1. The van der Waals surface area contributed by atoms with E-state index in [1.54, 1.807) is 6.07 Å². The molecule has 74 valence electrons. The molecule has 1 heterocycles. The van der Waals surface area contributed by atoms with Gasteiger partial charge in [-0.05, 0) is 12.1 Å². The lowest BCUT2D eigenvalue weighted by molar-refractivity contribution is -0.145. The number of hydrogen-bond donors (Lipinski definition) is 1. The van der Waals surface area contributed by atoms with Gasteiger partial charge in [0.05, 0.1) is 4.88 Å². The van der Waals surface area contributed by atoms with Gasteiger partial charge in [-0.15, -0.1) is 11.3 Å². The highest BCUT2D eigenvalue weighted by Gasteiger charge is 2.36. The molecule has 6 heteroatoms. The lowest BCUT2D eigenvalue weighted by Gasteiger charge is -2.10. The number of carboxylic acid groups (broad SMARTS) is 1. The molecule has 0 saturated carbocycles. The molecule has 1 N–H and O–H groups in total. The highest BCUT2D eigenvalue weighted by Crippen LogP contribution is 2.36. The van der Waals surface area contributed by atoms with E-state index in [9.17, 15) is 13.6 Å². The summed E-state index contributed by atoms with van der Waals surface area (Å²) in [6, 6.07) is 4.03. The lowest BCUT2D eigenvalue weighted by atomic mass is 10.2. The fraction of sp³-hybridized carbons (Fsp3) is 0.250. The largest absolute Gasteiger partial charge is 0.481 e. The van der Waals surface area contributed by atoms with Crippen LogP contribution in [0.1, 0.15) is 16.2 Å². The van der Waals surface area contributed by atoms with Crippen molar-refractivity contribution in [2.45, 2.75) is 12.3 Å². The minimum Gasteiger partial charge on any atom is -0.481 e. The van der Waals surface area contributed by atoms with E-state index in [1.807, 2.05) is 0 Å². The smallest absolute Gasteiger partial charge is 0.309 e. The van der Waals surface area contributed by atoms with Gasteiger partial charge in [-0.1, -0.05) is 0 Å². The number of alkyl halides is 2. The summed E-state index contributed by atoms with van der Waals surface area (Å²) in [6.45, 7) is 0. The first-order valence-corrected chi connectivity index (χ1v) is 4.37. The molecule has 1 aromatic heterocycles. The molecule has 0 bridgehead atoms. The lowest BCUT2D eigenvalue weighted by Crippen LogP contribution is -2.16. The summed E-state index contributed by atoms with van der Waals surface area (Å²) in [7, 11) is 0. The van der Waals surface area contributed by atoms with Gasteiger partial charge in [0.15, 0.2) is 0 Å².